The number of Topliss-reactive ketones (excluding diaryl/α,β-unsaturated/α-hetero) is 1. The molecule has 4 heteroatoms. The zero-order valence-electron chi connectivity index (χ0n) is 15.6. The Balaban J connectivity index is 1.38. The number of phenolic OH excluding ortho intramolecular Hbond substituents is 1. The molecule has 0 radical (unpaired) electrons. The van der Waals surface area contributed by atoms with Gasteiger partial charge in [-0.2, -0.15) is 0 Å². The normalized spacial score (nSPS) is 28.8. The van der Waals surface area contributed by atoms with Crippen molar-refractivity contribution < 1.29 is 14.3 Å². The SMILES string of the molecule is CC(C(=O)c1ccc(O)cc1)N1C[C@@H]2C[C@](F)(Cc3ccccc3)C[C@@H]2C1. The predicted octanol–water partition coefficient (Wildman–Crippen LogP) is 4.26. The zero-order valence-corrected chi connectivity index (χ0v) is 15.6. The number of aromatic hydroxyl groups is 1. The summed E-state index contributed by atoms with van der Waals surface area (Å²) in [6.45, 7) is 3.51. The van der Waals surface area contributed by atoms with Gasteiger partial charge in [0.2, 0.25) is 0 Å². The van der Waals surface area contributed by atoms with Gasteiger partial charge in [0.1, 0.15) is 11.4 Å². The number of ketones is 1. The Morgan fingerprint density at radius 1 is 1.11 bits per heavy atom. The third-order valence-corrected chi connectivity index (χ3v) is 6.30. The monoisotopic (exact) mass is 367 g/mol. The van der Waals surface area contributed by atoms with E-state index in [0.717, 1.165) is 18.7 Å². The summed E-state index contributed by atoms with van der Waals surface area (Å²) in [6.07, 6.45) is 1.66. The fraction of sp³-hybridized carbons (Fsp3) is 0.435. The van der Waals surface area contributed by atoms with E-state index in [-0.39, 0.29) is 17.6 Å². The molecule has 2 aromatic carbocycles. The molecule has 2 fully saturated rings. The van der Waals surface area contributed by atoms with Crippen LogP contribution < -0.4 is 0 Å². The zero-order chi connectivity index (χ0) is 19.0. The van der Waals surface area contributed by atoms with Crippen LogP contribution in [0.1, 0.15) is 35.7 Å². The van der Waals surface area contributed by atoms with Crippen LogP contribution in [0.25, 0.3) is 0 Å². The Bertz CT molecular complexity index is 791. The van der Waals surface area contributed by atoms with E-state index in [9.17, 15) is 9.90 Å². The minimum Gasteiger partial charge on any atom is -0.508 e. The first kappa shape index (κ1) is 18.2. The van der Waals surface area contributed by atoms with Crippen molar-refractivity contribution in [3.8, 4) is 5.75 Å². The molecule has 0 spiro atoms. The molecule has 4 rings (SSSR count). The average molecular weight is 367 g/mol. The summed E-state index contributed by atoms with van der Waals surface area (Å²) in [4.78, 5) is 14.9. The molecule has 0 aromatic heterocycles. The van der Waals surface area contributed by atoms with Crippen molar-refractivity contribution in [3.63, 3.8) is 0 Å². The van der Waals surface area contributed by atoms with Gasteiger partial charge < -0.3 is 5.11 Å². The molecule has 2 aromatic rings. The fourth-order valence-corrected chi connectivity index (χ4v) is 4.92. The molecule has 142 valence electrons. The summed E-state index contributed by atoms with van der Waals surface area (Å²) in [7, 11) is 0. The van der Waals surface area contributed by atoms with E-state index in [0.29, 0.717) is 36.7 Å². The number of carbonyl (C=O) groups is 1. The molecule has 0 amide bonds. The number of alkyl halides is 1. The van der Waals surface area contributed by atoms with Crippen molar-refractivity contribution in [2.75, 3.05) is 13.1 Å². The quantitative estimate of drug-likeness (QED) is 0.803. The third kappa shape index (κ3) is 3.77. The van der Waals surface area contributed by atoms with E-state index < -0.39 is 5.67 Å². The number of benzene rings is 2. The third-order valence-electron chi connectivity index (χ3n) is 6.30. The van der Waals surface area contributed by atoms with Crippen LogP contribution in [0.5, 0.6) is 5.75 Å². The van der Waals surface area contributed by atoms with Crippen LogP contribution in [0.15, 0.2) is 54.6 Å². The van der Waals surface area contributed by atoms with E-state index in [1.54, 1.807) is 24.3 Å². The number of hydrogen-bond donors (Lipinski definition) is 1. The molecular formula is C23H26FNO2. The molecular weight excluding hydrogens is 341 g/mol. The largest absolute Gasteiger partial charge is 0.508 e. The topological polar surface area (TPSA) is 40.5 Å². The van der Waals surface area contributed by atoms with Crippen molar-refractivity contribution in [2.45, 2.75) is 37.9 Å². The number of likely N-dealkylation sites (tertiary alicyclic amines) is 1. The van der Waals surface area contributed by atoms with Crippen molar-refractivity contribution >= 4 is 5.78 Å². The van der Waals surface area contributed by atoms with Crippen molar-refractivity contribution in [1.29, 1.82) is 0 Å². The van der Waals surface area contributed by atoms with Gasteiger partial charge in [0.25, 0.3) is 0 Å². The second-order valence-corrected chi connectivity index (χ2v) is 8.28. The van der Waals surface area contributed by atoms with Crippen LogP contribution in [0.3, 0.4) is 0 Å². The maximum absolute atomic E-state index is 15.4. The highest BCUT2D eigenvalue weighted by atomic mass is 19.1. The van der Waals surface area contributed by atoms with Crippen LogP contribution in [-0.2, 0) is 6.42 Å². The standard InChI is InChI=1S/C23H26FNO2/c1-16(22(27)18-7-9-21(26)10-8-18)25-14-19-12-23(24,13-20(19)15-25)11-17-5-3-2-4-6-17/h2-10,16,19-20,26H,11-15H2,1H3/t16?,19-,20+,23+. The maximum atomic E-state index is 15.4. The molecule has 1 saturated carbocycles. The second kappa shape index (κ2) is 7.08. The fourth-order valence-electron chi connectivity index (χ4n) is 4.92. The van der Waals surface area contributed by atoms with Crippen molar-refractivity contribution in [1.82, 2.24) is 4.90 Å². The van der Waals surface area contributed by atoms with Gasteiger partial charge in [0.15, 0.2) is 5.78 Å². The number of fused-ring (bicyclic) bond motifs is 1. The average Bonchev–Trinajstić information content (AvgIpc) is 3.16. The van der Waals surface area contributed by atoms with Crippen LogP contribution in [0.2, 0.25) is 0 Å². The maximum Gasteiger partial charge on any atom is 0.179 e. The number of phenols is 1. The van der Waals surface area contributed by atoms with Gasteiger partial charge in [-0.25, -0.2) is 4.39 Å². The second-order valence-electron chi connectivity index (χ2n) is 8.28. The lowest BCUT2D eigenvalue weighted by atomic mass is 9.93. The van der Waals surface area contributed by atoms with Crippen LogP contribution >= 0.6 is 0 Å². The van der Waals surface area contributed by atoms with E-state index in [1.165, 1.54) is 0 Å². The van der Waals surface area contributed by atoms with E-state index in [2.05, 4.69) is 4.90 Å². The molecule has 1 aliphatic carbocycles. The molecule has 4 atom stereocenters. The first-order valence-electron chi connectivity index (χ1n) is 9.74. The van der Waals surface area contributed by atoms with Gasteiger partial charge in [-0.05, 0) is 61.4 Å². The van der Waals surface area contributed by atoms with Crippen LogP contribution in [-0.4, -0.2) is 40.6 Å². The molecule has 1 saturated heterocycles. The summed E-state index contributed by atoms with van der Waals surface area (Å²) < 4.78 is 15.4. The molecule has 0 bridgehead atoms. The Morgan fingerprint density at radius 2 is 1.70 bits per heavy atom. The number of hydrogen-bond acceptors (Lipinski definition) is 3. The Hall–Kier alpha value is -2.20. The lowest BCUT2D eigenvalue weighted by Gasteiger charge is -2.27. The van der Waals surface area contributed by atoms with Gasteiger partial charge in [-0.1, -0.05) is 30.3 Å². The summed E-state index contributed by atoms with van der Waals surface area (Å²) in [5, 5.41) is 9.40. The number of nitrogens with zero attached hydrogens (tertiary/aromatic N) is 1. The minimum atomic E-state index is -1.12. The van der Waals surface area contributed by atoms with Gasteiger partial charge >= 0.3 is 0 Å². The van der Waals surface area contributed by atoms with E-state index in [1.807, 2.05) is 37.3 Å². The molecule has 1 N–H and O–H groups in total. The Kier molecular flexibility index (Phi) is 4.77. The highest BCUT2D eigenvalue weighted by molar-refractivity contribution is 5.99. The summed E-state index contributed by atoms with van der Waals surface area (Å²) in [5.74, 6) is 0.876. The lowest BCUT2D eigenvalue weighted by Crippen LogP contribution is -2.39. The van der Waals surface area contributed by atoms with Crippen LogP contribution in [0.4, 0.5) is 4.39 Å². The van der Waals surface area contributed by atoms with E-state index in [4.69, 9.17) is 0 Å². The van der Waals surface area contributed by atoms with Gasteiger partial charge in [0, 0.05) is 25.1 Å². The molecule has 2 aliphatic rings. The number of rotatable bonds is 5. The molecule has 1 heterocycles. The Morgan fingerprint density at radius 3 is 2.30 bits per heavy atom. The summed E-state index contributed by atoms with van der Waals surface area (Å²) >= 11 is 0. The molecule has 27 heavy (non-hydrogen) atoms. The van der Waals surface area contributed by atoms with Crippen molar-refractivity contribution in [2.24, 2.45) is 11.8 Å². The minimum absolute atomic E-state index is 0.0609. The molecule has 1 unspecified atom stereocenters. The molecule has 3 nitrogen and oxygen atoms in total. The van der Waals surface area contributed by atoms with E-state index >= 15 is 4.39 Å². The van der Waals surface area contributed by atoms with Gasteiger partial charge in [0.05, 0.1) is 6.04 Å². The smallest absolute Gasteiger partial charge is 0.179 e. The van der Waals surface area contributed by atoms with Gasteiger partial charge in [-0.15, -0.1) is 0 Å². The van der Waals surface area contributed by atoms with Crippen molar-refractivity contribution in [3.05, 3.63) is 65.7 Å². The number of carbonyl (C=O) groups excluding carboxylic acids is 1. The highest BCUT2D eigenvalue weighted by Crippen LogP contribution is 2.48. The van der Waals surface area contributed by atoms with Gasteiger partial charge in [-0.3, -0.25) is 9.69 Å². The highest BCUT2D eigenvalue weighted by Gasteiger charge is 2.50. The number of halogens is 1. The predicted molar refractivity (Wildman–Crippen MR) is 104 cm³/mol. The Labute approximate surface area is 159 Å². The summed E-state index contributed by atoms with van der Waals surface area (Å²) in [5.41, 5.74) is 0.557. The summed E-state index contributed by atoms with van der Waals surface area (Å²) in [6, 6.07) is 16.1. The first-order chi connectivity index (χ1) is 12.9. The van der Waals surface area contributed by atoms with Crippen LogP contribution in [0, 0.1) is 11.8 Å². The first-order valence-corrected chi connectivity index (χ1v) is 9.74. The molecule has 1 aliphatic heterocycles. The lowest BCUT2D eigenvalue weighted by molar-refractivity contribution is 0.0839.